The zero-order chi connectivity index (χ0) is 22.5. The van der Waals surface area contributed by atoms with E-state index < -0.39 is 0 Å². The SMILES string of the molecule is CCNC(=NCc1ccc(OCCO)c(OC)c1)NCC(CC(C)C)N1CCOCC1. The second kappa shape index (κ2) is 14.1. The maximum atomic E-state index is 8.96. The molecule has 1 aliphatic rings. The number of aliphatic hydroxyl groups is 1. The van der Waals surface area contributed by atoms with Crippen molar-refractivity contribution in [1.82, 2.24) is 15.5 Å². The van der Waals surface area contributed by atoms with Gasteiger partial charge in [0.25, 0.3) is 0 Å². The summed E-state index contributed by atoms with van der Waals surface area (Å²) < 4.78 is 16.4. The summed E-state index contributed by atoms with van der Waals surface area (Å²) >= 11 is 0. The Morgan fingerprint density at radius 2 is 2.00 bits per heavy atom. The maximum absolute atomic E-state index is 8.96. The molecule has 1 heterocycles. The molecule has 0 aromatic heterocycles. The van der Waals surface area contributed by atoms with Gasteiger partial charge in [-0.15, -0.1) is 0 Å². The minimum absolute atomic E-state index is 0.0326. The van der Waals surface area contributed by atoms with Crippen molar-refractivity contribution in [2.45, 2.75) is 39.8 Å². The molecule has 1 atom stereocenters. The van der Waals surface area contributed by atoms with E-state index in [0.29, 0.717) is 30.0 Å². The standard InChI is InChI=1S/C23H40N4O4/c1-5-24-23(26-17-20(14-18(2)3)27-8-11-30-12-9-27)25-16-19-6-7-21(31-13-10-28)22(15-19)29-4/h6-7,15,18,20,28H,5,8-14,16-17H2,1-4H3,(H2,24,25,26). The van der Waals surface area contributed by atoms with Crippen LogP contribution in [0, 0.1) is 5.92 Å². The van der Waals surface area contributed by atoms with Crippen LogP contribution in [0.25, 0.3) is 0 Å². The summed E-state index contributed by atoms with van der Waals surface area (Å²) in [6.45, 7) is 12.6. The molecule has 8 heteroatoms. The number of guanidine groups is 1. The number of benzene rings is 1. The summed E-state index contributed by atoms with van der Waals surface area (Å²) in [5.74, 6) is 2.71. The third-order valence-electron chi connectivity index (χ3n) is 5.15. The molecule has 0 spiro atoms. The van der Waals surface area contributed by atoms with Crippen LogP contribution in [0.5, 0.6) is 11.5 Å². The number of morpholine rings is 1. The normalized spacial score (nSPS) is 16.3. The Morgan fingerprint density at radius 1 is 1.23 bits per heavy atom. The summed E-state index contributed by atoms with van der Waals surface area (Å²) in [7, 11) is 1.61. The molecule has 1 saturated heterocycles. The van der Waals surface area contributed by atoms with Gasteiger partial charge in [-0.1, -0.05) is 19.9 Å². The number of aliphatic imine (C=N–C) groups is 1. The molecule has 2 rings (SSSR count). The molecule has 1 aromatic carbocycles. The van der Waals surface area contributed by atoms with Gasteiger partial charge in [-0.3, -0.25) is 4.90 Å². The number of methoxy groups -OCH3 is 1. The minimum Gasteiger partial charge on any atom is -0.493 e. The van der Waals surface area contributed by atoms with Crippen LogP contribution in [-0.2, 0) is 11.3 Å². The van der Waals surface area contributed by atoms with Crippen LogP contribution in [0.3, 0.4) is 0 Å². The van der Waals surface area contributed by atoms with Crippen molar-refractivity contribution in [3.8, 4) is 11.5 Å². The van der Waals surface area contributed by atoms with Crippen LogP contribution in [0.15, 0.2) is 23.2 Å². The number of ether oxygens (including phenoxy) is 3. The monoisotopic (exact) mass is 436 g/mol. The van der Waals surface area contributed by atoms with E-state index in [1.54, 1.807) is 7.11 Å². The van der Waals surface area contributed by atoms with Crippen LogP contribution in [-0.4, -0.2) is 81.7 Å². The van der Waals surface area contributed by atoms with E-state index in [4.69, 9.17) is 24.3 Å². The molecule has 0 radical (unpaired) electrons. The van der Waals surface area contributed by atoms with Gasteiger partial charge in [-0.2, -0.15) is 0 Å². The van der Waals surface area contributed by atoms with Crippen LogP contribution >= 0.6 is 0 Å². The van der Waals surface area contributed by atoms with Crippen LogP contribution < -0.4 is 20.1 Å². The van der Waals surface area contributed by atoms with Crippen LogP contribution in [0.1, 0.15) is 32.8 Å². The highest BCUT2D eigenvalue weighted by atomic mass is 16.5. The van der Waals surface area contributed by atoms with Crippen molar-refractivity contribution < 1.29 is 19.3 Å². The lowest BCUT2D eigenvalue weighted by atomic mass is 10.0. The largest absolute Gasteiger partial charge is 0.493 e. The zero-order valence-corrected chi connectivity index (χ0v) is 19.5. The topological polar surface area (TPSA) is 87.6 Å². The highest BCUT2D eigenvalue weighted by Crippen LogP contribution is 2.28. The number of hydrogen-bond donors (Lipinski definition) is 3. The molecule has 1 unspecified atom stereocenters. The summed E-state index contributed by atoms with van der Waals surface area (Å²) in [5, 5.41) is 15.8. The molecule has 0 saturated carbocycles. The lowest BCUT2D eigenvalue weighted by Crippen LogP contribution is -2.51. The Labute approximate surface area is 187 Å². The molecule has 1 aliphatic heterocycles. The predicted octanol–water partition coefficient (Wildman–Crippen LogP) is 1.87. The molecule has 1 aromatic rings. The second-order valence-corrected chi connectivity index (χ2v) is 8.07. The van der Waals surface area contributed by atoms with E-state index in [9.17, 15) is 0 Å². The van der Waals surface area contributed by atoms with E-state index in [1.807, 2.05) is 18.2 Å². The van der Waals surface area contributed by atoms with Crippen molar-refractivity contribution in [3.05, 3.63) is 23.8 Å². The van der Waals surface area contributed by atoms with Crippen molar-refractivity contribution >= 4 is 5.96 Å². The first-order valence-corrected chi connectivity index (χ1v) is 11.3. The molecule has 0 bridgehead atoms. The molecular weight excluding hydrogens is 396 g/mol. The number of nitrogens with zero attached hydrogens (tertiary/aromatic N) is 2. The Bertz CT molecular complexity index is 663. The van der Waals surface area contributed by atoms with Crippen molar-refractivity contribution in [2.24, 2.45) is 10.9 Å². The van der Waals surface area contributed by atoms with E-state index in [1.165, 1.54) is 0 Å². The first-order chi connectivity index (χ1) is 15.1. The fraction of sp³-hybridized carbons (Fsp3) is 0.696. The second-order valence-electron chi connectivity index (χ2n) is 8.07. The molecule has 0 aliphatic carbocycles. The van der Waals surface area contributed by atoms with Crippen LogP contribution in [0.2, 0.25) is 0 Å². The summed E-state index contributed by atoms with van der Waals surface area (Å²) in [6, 6.07) is 6.21. The van der Waals surface area contributed by atoms with Gasteiger partial charge in [-0.25, -0.2) is 4.99 Å². The Kier molecular flexibility index (Phi) is 11.5. The van der Waals surface area contributed by atoms with Gasteiger partial charge >= 0.3 is 0 Å². The molecular formula is C23H40N4O4. The smallest absolute Gasteiger partial charge is 0.191 e. The van der Waals surface area contributed by atoms with E-state index >= 15 is 0 Å². The fourth-order valence-electron chi connectivity index (χ4n) is 3.66. The predicted molar refractivity (Wildman–Crippen MR) is 124 cm³/mol. The van der Waals surface area contributed by atoms with Crippen LogP contribution in [0.4, 0.5) is 0 Å². The maximum Gasteiger partial charge on any atom is 0.191 e. The first-order valence-electron chi connectivity index (χ1n) is 11.3. The van der Waals surface area contributed by atoms with Crippen molar-refractivity contribution in [3.63, 3.8) is 0 Å². The summed E-state index contributed by atoms with van der Waals surface area (Å²) in [6.07, 6.45) is 1.14. The molecule has 8 nitrogen and oxygen atoms in total. The summed E-state index contributed by atoms with van der Waals surface area (Å²) in [5.41, 5.74) is 1.03. The lowest BCUT2D eigenvalue weighted by molar-refractivity contribution is 0.0132. The van der Waals surface area contributed by atoms with Gasteiger partial charge in [-0.05, 0) is 37.0 Å². The minimum atomic E-state index is -0.0326. The Hall–Kier alpha value is -2.03. The number of nitrogens with one attached hydrogen (secondary N) is 2. The van der Waals surface area contributed by atoms with Crippen molar-refractivity contribution in [2.75, 3.05) is 59.7 Å². The van der Waals surface area contributed by atoms with E-state index in [-0.39, 0.29) is 13.2 Å². The number of hydrogen-bond acceptors (Lipinski definition) is 6. The molecule has 176 valence electrons. The van der Waals surface area contributed by atoms with Gasteiger partial charge in [0, 0.05) is 32.2 Å². The number of aliphatic hydroxyl groups excluding tert-OH is 1. The first kappa shape index (κ1) is 25.2. The van der Waals surface area contributed by atoms with Gasteiger partial charge in [0.05, 0.1) is 33.5 Å². The highest BCUT2D eigenvalue weighted by Gasteiger charge is 2.22. The quantitative estimate of drug-likeness (QED) is 0.341. The average Bonchev–Trinajstić information content (AvgIpc) is 2.79. The third-order valence-corrected chi connectivity index (χ3v) is 5.15. The third kappa shape index (κ3) is 8.93. The molecule has 31 heavy (non-hydrogen) atoms. The van der Waals surface area contributed by atoms with E-state index in [2.05, 4.69) is 36.3 Å². The summed E-state index contributed by atoms with van der Waals surface area (Å²) in [4.78, 5) is 7.29. The van der Waals surface area contributed by atoms with E-state index in [0.717, 1.165) is 57.3 Å². The lowest BCUT2D eigenvalue weighted by Gasteiger charge is -2.35. The van der Waals surface area contributed by atoms with Gasteiger partial charge in [0.2, 0.25) is 0 Å². The molecule has 1 fully saturated rings. The van der Waals surface area contributed by atoms with Crippen molar-refractivity contribution in [1.29, 1.82) is 0 Å². The van der Waals surface area contributed by atoms with Gasteiger partial charge in [0.1, 0.15) is 6.61 Å². The van der Waals surface area contributed by atoms with Gasteiger partial charge in [0.15, 0.2) is 17.5 Å². The fourth-order valence-corrected chi connectivity index (χ4v) is 3.66. The highest BCUT2D eigenvalue weighted by molar-refractivity contribution is 5.79. The molecule has 3 N–H and O–H groups in total. The average molecular weight is 437 g/mol. The molecule has 0 amide bonds. The Morgan fingerprint density at radius 3 is 2.65 bits per heavy atom. The number of rotatable bonds is 12. The Balaban J connectivity index is 2.01. The zero-order valence-electron chi connectivity index (χ0n) is 19.5. The van der Waals surface area contributed by atoms with Gasteiger partial charge < -0.3 is 30.0 Å².